The molecule has 97 heavy (non-hydrogen) atoms. The van der Waals surface area contributed by atoms with Crippen LogP contribution in [-0.2, 0) is 14.3 Å². The van der Waals surface area contributed by atoms with Crippen LogP contribution < -0.4 is 5.32 Å². The van der Waals surface area contributed by atoms with Crippen LogP contribution >= 0.6 is 0 Å². The first-order valence-corrected chi connectivity index (χ1v) is 43.9. The van der Waals surface area contributed by atoms with E-state index in [0.29, 0.717) is 19.3 Å². The van der Waals surface area contributed by atoms with Crippen LogP contribution in [0.2, 0.25) is 0 Å². The second-order valence-corrected chi connectivity index (χ2v) is 31.3. The fraction of sp³-hybridized carbons (Fsp3) is 0.988. The second kappa shape index (κ2) is 74.8. The molecule has 1 aliphatic heterocycles. The van der Waals surface area contributed by atoms with E-state index in [1.807, 2.05) is 0 Å². The number of carbonyl (C=O) groups excluding carboxylic acids is 1. The van der Waals surface area contributed by atoms with Crippen LogP contribution in [0, 0.1) is 0 Å². The number of aliphatic hydroxyl groups excluding tert-OH is 7. The molecule has 580 valence electrons. The van der Waals surface area contributed by atoms with Gasteiger partial charge in [-0.15, -0.1) is 0 Å². The van der Waals surface area contributed by atoms with Crippen LogP contribution in [0.3, 0.4) is 0 Å². The maximum Gasteiger partial charge on any atom is 0.249 e. The van der Waals surface area contributed by atoms with Crippen molar-refractivity contribution in [2.24, 2.45) is 0 Å². The van der Waals surface area contributed by atoms with Crippen LogP contribution in [0.15, 0.2) is 0 Å². The maximum atomic E-state index is 13.3. The molecule has 1 rings (SSSR count). The number of rotatable bonds is 80. The molecule has 1 saturated heterocycles. The molecule has 0 aromatic heterocycles. The first-order chi connectivity index (χ1) is 47.7. The largest absolute Gasteiger partial charge is 0.394 e. The minimum Gasteiger partial charge on any atom is -0.394 e. The summed E-state index contributed by atoms with van der Waals surface area (Å²) in [4.78, 5) is 13.3. The summed E-state index contributed by atoms with van der Waals surface area (Å²) in [7, 11) is 0. The summed E-state index contributed by atoms with van der Waals surface area (Å²) >= 11 is 0. The molecule has 1 heterocycles. The fourth-order valence-electron chi connectivity index (χ4n) is 15.0. The van der Waals surface area contributed by atoms with Gasteiger partial charge in [0.2, 0.25) is 5.91 Å². The molecule has 11 nitrogen and oxygen atoms in total. The molecule has 0 aliphatic carbocycles. The molecule has 11 heteroatoms. The van der Waals surface area contributed by atoms with Gasteiger partial charge in [0, 0.05) is 0 Å². The Kier molecular flexibility index (Phi) is 72.6. The zero-order valence-corrected chi connectivity index (χ0v) is 64.9. The summed E-state index contributed by atoms with van der Waals surface area (Å²) in [6, 6.07) is -1.17. The van der Waals surface area contributed by atoms with Gasteiger partial charge in [-0.2, -0.15) is 0 Å². The quantitative estimate of drug-likeness (QED) is 0.0272. The first-order valence-electron chi connectivity index (χ1n) is 43.9. The van der Waals surface area contributed by atoms with Crippen LogP contribution in [0.1, 0.15) is 476 Å². The Labute approximate surface area is 602 Å². The lowest BCUT2D eigenvalue weighted by Crippen LogP contribution is -2.60. The predicted molar refractivity (Wildman–Crippen MR) is 413 cm³/mol. The molecule has 1 amide bonds. The molecule has 1 fully saturated rings. The average Bonchev–Trinajstić information content (AvgIpc) is 0.827. The fourth-order valence-corrected chi connectivity index (χ4v) is 15.0. The van der Waals surface area contributed by atoms with Gasteiger partial charge in [0.1, 0.15) is 36.6 Å². The van der Waals surface area contributed by atoms with Gasteiger partial charge in [0.15, 0.2) is 6.29 Å². The van der Waals surface area contributed by atoms with Gasteiger partial charge >= 0.3 is 0 Å². The molecule has 8 N–H and O–H groups in total. The number of amides is 1. The van der Waals surface area contributed by atoms with Gasteiger partial charge in [-0.3, -0.25) is 4.79 Å². The number of ether oxygens (including phenoxy) is 2. The highest BCUT2D eigenvalue weighted by Gasteiger charge is 2.44. The average molecular weight is 1380 g/mol. The van der Waals surface area contributed by atoms with Crippen molar-refractivity contribution in [3.8, 4) is 0 Å². The molecule has 1 aliphatic rings. The Hall–Kier alpha value is -0.890. The minimum atomic E-state index is -1.66. The van der Waals surface area contributed by atoms with E-state index in [0.717, 1.165) is 38.5 Å². The first kappa shape index (κ1) is 94.1. The normalized spacial score (nSPS) is 17.9. The van der Waals surface area contributed by atoms with Crippen LogP contribution in [0.5, 0.6) is 0 Å². The number of carbonyl (C=O) groups is 1. The molecule has 0 aromatic carbocycles. The van der Waals surface area contributed by atoms with Gasteiger partial charge in [0.05, 0.1) is 25.4 Å². The Morgan fingerprint density at radius 3 is 0.763 bits per heavy atom. The van der Waals surface area contributed by atoms with E-state index < -0.39 is 74.2 Å². The van der Waals surface area contributed by atoms with Gasteiger partial charge in [0.25, 0.3) is 0 Å². The standard InChI is InChI=1S/C86H171NO10/c1-3-5-7-9-11-13-15-17-19-21-23-25-27-29-31-33-35-37-38-39-40-41-42-44-46-48-50-52-54-56-58-60-62-64-66-68-70-72-74-79(90)85(95)87-77(76-96-86-84(94)83(93)82(92)80(75-88)97-86)81(91)78(89)73-71-69-67-65-63-61-59-57-55-53-51-49-47-45-43-36-34-32-30-28-26-24-22-20-18-16-14-12-10-8-6-4-2/h77-84,86,88-94H,3-76H2,1-2H3,(H,87,95). The second-order valence-electron chi connectivity index (χ2n) is 31.3. The summed E-state index contributed by atoms with van der Waals surface area (Å²) in [5.41, 5.74) is 0. The molecular weight excluding hydrogens is 1210 g/mol. The highest BCUT2D eigenvalue weighted by molar-refractivity contribution is 5.80. The lowest BCUT2D eigenvalue weighted by molar-refractivity contribution is -0.303. The maximum absolute atomic E-state index is 13.3. The number of hydrogen-bond donors (Lipinski definition) is 8. The molecule has 0 aromatic rings. The van der Waals surface area contributed by atoms with Crippen molar-refractivity contribution in [2.45, 2.75) is 531 Å². The molecule has 0 radical (unpaired) electrons. The summed E-state index contributed by atoms with van der Waals surface area (Å²) in [5.74, 6) is -0.684. The van der Waals surface area contributed by atoms with Crippen molar-refractivity contribution in [3.63, 3.8) is 0 Å². The van der Waals surface area contributed by atoms with Crippen molar-refractivity contribution in [3.05, 3.63) is 0 Å². The molecule has 0 bridgehead atoms. The summed E-state index contributed by atoms with van der Waals surface area (Å²) in [5, 5.41) is 76.9. The lowest BCUT2D eigenvalue weighted by Gasteiger charge is -2.40. The number of unbranched alkanes of at least 4 members (excludes halogenated alkanes) is 68. The molecule has 9 unspecified atom stereocenters. The van der Waals surface area contributed by atoms with Gasteiger partial charge in [-0.1, -0.05) is 463 Å². The monoisotopic (exact) mass is 1380 g/mol. The van der Waals surface area contributed by atoms with E-state index in [2.05, 4.69) is 19.2 Å². The van der Waals surface area contributed by atoms with E-state index in [1.54, 1.807) is 0 Å². The van der Waals surface area contributed by atoms with Crippen molar-refractivity contribution >= 4 is 5.91 Å². The van der Waals surface area contributed by atoms with E-state index in [4.69, 9.17) is 9.47 Å². The molecule has 9 atom stereocenters. The highest BCUT2D eigenvalue weighted by Crippen LogP contribution is 2.25. The summed E-state index contributed by atoms with van der Waals surface area (Å²) in [6.45, 7) is 3.55. The highest BCUT2D eigenvalue weighted by atomic mass is 16.7. The van der Waals surface area contributed by atoms with Gasteiger partial charge in [-0.05, 0) is 12.8 Å². The Morgan fingerprint density at radius 2 is 0.536 bits per heavy atom. The predicted octanol–water partition coefficient (Wildman–Crippen LogP) is 23.5. The van der Waals surface area contributed by atoms with Crippen molar-refractivity contribution in [1.29, 1.82) is 0 Å². The Morgan fingerprint density at radius 1 is 0.320 bits per heavy atom. The number of nitrogens with one attached hydrogen (secondary N) is 1. The Balaban J connectivity index is 2.07. The van der Waals surface area contributed by atoms with Crippen molar-refractivity contribution in [1.82, 2.24) is 5.32 Å². The third kappa shape index (κ3) is 61.2. The SMILES string of the molecule is CCCCCCCCCCCCCCCCCCCCCCCCCCCCCCCCCCCCCCCCC(O)C(=O)NC(COC1OC(CO)C(O)C(O)C1O)C(O)C(O)CCCCCCCCCCCCCCCCCCCCCCCCCCCCCCCCCC. The van der Waals surface area contributed by atoms with E-state index in [-0.39, 0.29) is 6.42 Å². The molecule has 0 spiro atoms. The molecule has 0 saturated carbocycles. The topological polar surface area (TPSA) is 189 Å². The third-order valence-corrected chi connectivity index (χ3v) is 21.9. The number of aliphatic hydroxyl groups is 7. The lowest BCUT2D eigenvalue weighted by atomic mass is 9.98. The number of hydrogen-bond acceptors (Lipinski definition) is 10. The molecular formula is C86H171NO10. The van der Waals surface area contributed by atoms with Crippen molar-refractivity contribution in [2.75, 3.05) is 13.2 Å². The zero-order chi connectivity index (χ0) is 70.2. The zero-order valence-electron chi connectivity index (χ0n) is 64.9. The van der Waals surface area contributed by atoms with Gasteiger partial charge < -0.3 is 50.5 Å². The van der Waals surface area contributed by atoms with E-state index in [1.165, 1.54) is 398 Å². The van der Waals surface area contributed by atoms with Gasteiger partial charge in [-0.25, -0.2) is 0 Å². The van der Waals surface area contributed by atoms with Crippen molar-refractivity contribution < 1.29 is 50.0 Å². The Bertz CT molecular complexity index is 1540. The summed E-state index contributed by atoms with van der Waals surface area (Å²) < 4.78 is 11.2. The third-order valence-electron chi connectivity index (χ3n) is 21.9. The minimum absolute atomic E-state index is 0.268. The van der Waals surface area contributed by atoms with Crippen LogP contribution in [0.25, 0.3) is 0 Å². The smallest absolute Gasteiger partial charge is 0.249 e. The van der Waals surface area contributed by atoms with Crippen LogP contribution in [0.4, 0.5) is 0 Å². The van der Waals surface area contributed by atoms with E-state index >= 15 is 0 Å². The summed E-state index contributed by atoms with van der Waals surface area (Å²) in [6.07, 6.45) is 84.0. The van der Waals surface area contributed by atoms with E-state index in [9.17, 15) is 40.5 Å². The van der Waals surface area contributed by atoms with Crippen LogP contribution in [-0.4, -0.2) is 110 Å².